The third-order valence-electron chi connectivity index (χ3n) is 3.12. The Labute approximate surface area is 115 Å². The molecule has 1 aromatic rings. The summed E-state index contributed by atoms with van der Waals surface area (Å²) in [5.74, 6) is -1.96. The monoisotopic (exact) mass is 280 g/mol. The lowest BCUT2D eigenvalue weighted by atomic mass is 10.00. The SMILES string of the molecule is COC(=O)c1cc(C(=O)C(=O)NC2(C)COC2)cn1C. The van der Waals surface area contributed by atoms with Crippen LogP contribution in [-0.2, 0) is 21.3 Å². The Balaban J connectivity index is 2.13. The molecule has 1 N–H and O–H groups in total. The van der Waals surface area contributed by atoms with Crippen LogP contribution in [0.15, 0.2) is 12.3 Å². The van der Waals surface area contributed by atoms with Crippen LogP contribution in [0, 0.1) is 0 Å². The molecule has 7 nitrogen and oxygen atoms in total. The first kappa shape index (κ1) is 14.3. The first-order chi connectivity index (χ1) is 9.36. The highest BCUT2D eigenvalue weighted by Gasteiger charge is 2.36. The fraction of sp³-hybridized carbons (Fsp3) is 0.462. The largest absolute Gasteiger partial charge is 0.464 e. The molecule has 0 aliphatic carbocycles. The highest BCUT2D eigenvalue weighted by Crippen LogP contribution is 2.16. The smallest absolute Gasteiger partial charge is 0.354 e. The highest BCUT2D eigenvalue weighted by molar-refractivity contribution is 6.43. The Kier molecular flexibility index (Phi) is 3.63. The van der Waals surface area contributed by atoms with E-state index in [-0.39, 0.29) is 11.3 Å². The molecule has 0 unspecified atom stereocenters. The van der Waals surface area contributed by atoms with Crippen LogP contribution in [0.4, 0.5) is 0 Å². The van der Waals surface area contributed by atoms with E-state index >= 15 is 0 Å². The van der Waals surface area contributed by atoms with Crippen LogP contribution in [0.5, 0.6) is 0 Å². The summed E-state index contributed by atoms with van der Waals surface area (Å²) in [6.07, 6.45) is 1.42. The third-order valence-corrected chi connectivity index (χ3v) is 3.12. The molecule has 0 aromatic carbocycles. The van der Waals surface area contributed by atoms with Gasteiger partial charge in [-0.05, 0) is 13.0 Å². The van der Waals surface area contributed by atoms with Crippen LogP contribution < -0.4 is 5.32 Å². The van der Waals surface area contributed by atoms with Crippen molar-refractivity contribution < 1.29 is 23.9 Å². The van der Waals surface area contributed by atoms with Gasteiger partial charge in [0.05, 0.1) is 25.9 Å². The number of nitrogens with zero attached hydrogens (tertiary/aromatic N) is 1. The van der Waals surface area contributed by atoms with E-state index in [0.717, 1.165) is 0 Å². The summed E-state index contributed by atoms with van der Waals surface area (Å²) < 4.78 is 11.0. The Morgan fingerprint density at radius 1 is 1.40 bits per heavy atom. The molecule has 2 rings (SSSR count). The molecule has 7 heteroatoms. The molecule has 108 valence electrons. The Hall–Kier alpha value is -2.15. The maximum absolute atomic E-state index is 12.0. The van der Waals surface area contributed by atoms with E-state index in [1.807, 2.05) is 0 Å². The van der Waals surface area contributed by atoms with Gasteiger partial charge in [-0.1, -0.05) is 0 Å². The van der Waals surface area contributed by atoms with Gasteiger partial charge >= 0.3 is 5.97 Å². The lowest BCUT2D eigenvalue weighted by Gasteiger charge is -2.38. The number of methoxy groups -OCH3 is 1. The van der Waals surface area contributed by atoms with Crippen molar-refractivity contribution in [1.82, 2.24) is 9.88 Å². The van der Waals surface area contributed by atoms with Gasteiger partial charge in [-0.25, -0.2) is 4.79 Å². The van der Waals surface area contributed by atoms with E-state index in [1.165, 1.54) is 23.9 Å². The summed E-state index contributed by atoms with van der Waals surface area (Å²) in [5, 5.41) is 2.62. The average Bonchev–Trinajstić information content (AvgIpc) is 2.77. The maximum Gasteiger partial charge on any atom is 0.354 e. The lowest BCUT2D eigenvalue weighted by molar-refractivity contribution is -0.126. The van der Waals surface area contributed by atoms with Crippen LogP contribution in [-0.4, -0.2) is 48.1 Å². The number of carbonyl (C=O) groups is 3. The lowest BCUT2D eigenvalue weighted by Crippen LogP contribution is -2.61. The molecule has 1 saturated heterocycles. The van der Waals surface area contributed by atoms with Gasteiger partial charge in [0.2, 0.25) is 0 Å². The van der Waals surface area contributed by atoms with Gasteiger partial charge in [0.15, 0.2) is 0 Å². The van der Waals surface area contributed by atoms with E-state index in [9.17, 15) is 14.4 Å². The molecule has 0 radical (unpaired) electrons. The third kappa shape index (κ3) is 2.57. The topological polar surface area (TPSA) is 86.6 Å². The van der Waals surface area contributed by atoms with Crippen molar-refractivity contribution in [2.24, 2.45) is 7.05 Å². The van der Waals surface area contributed by atoms with E-state index in [2.05, 4.69) is 10.1 Å². The molecule has 1 fully saturated rings. The molecule has 0 spiro atoms. The zero-order valence-corrected chi connectivity index (χ0v) is 11.6. The summed E-state index contributed by atoms with van der Waals surface area (Å²) in [6.45, 7) is 2.56. The minimum absolute atomic E-state index is 0.147. The Bertz CT molecular complexity index is 571. The summed E-state index contributed by atoms with van der Waals surface area (Å²) in [5.41, 5.74) is -0.136. The van der Waals surface area contributed by atoms with Crippen molar-refractivity contribution in [1.29, 1.82) is 0 Å². The van der Waals surface area contributed by atoms with Gasteiger partial charge in [-0.15, -0.1) is 0 Å². The normalized spacial score (nSPS) is 16.1. The van der Waals surface area contributed by atoms with E-state index in [0.29, 0.717) is 13.2 Å². The predicted octanol–water partition coefficient (Wildman–Crippen LogP) is -0.100. The summed E-state index contributed by atoms with van der Waals surface area (Å²) in [7, 11) is 2.85. The fourth-order valence-corrected chi connectivity index (χ4v) is 1.94. The molecule has 1 aliphatic rings. The minimum atomic E-state index is -0.710. The van der Waals surface area contributed by atoms with Crippen LogP contribution in [0.3, 0.4) is 0 Å². The number of carbonyl (C=O) groups excluding carboxylic acids is 3. The van der Waals surface area contributed by atoms with Gasteiger partial charge in [-0.2, -0.15) is 0 Å². The van der Waals surface area contributed by atoms with Crippen molar-refractivity contribution >= 4 is 17.7 Å². The molecule has 1 aliphatic heterocycles. The molecule has 1 aromatic heterocycles. The zero-order valence-electron chi connectivity index (χ0n) is 11.6. The molecule has 1 amide bonds. The highest BCUT2D eigenvalue weighted by atomic mass is 16.5. The Morgan fingerprint density at radius 3 is 2.55 bits per heavy atom. The van der Waals surface area contributed by atoms with Crippen LogP contribution in [0.1, 0.15) is 27.8 Å². The van der Waals surface area contributed by atoms with Gasteiger partial charge < -0.3 is 19.4 Å². The number of ketones is 1. The van der Waals surface area contributed by atoms with Gasteiger partial charge in [0.25, 0.3) is 11.7 Å². The van der Waals surface area contributed by atoms with Crippen molar-refractivity contribution in [2.75, 3.05) is 20.3 Å². The van der Waals surface area contributed by atoms with Crippen molar-refractivity contribution in [3.05, 3.63) is 23.5 Å². The summed E-state index contributed by atoms with van der Waals surface area (Å²) >= 11 is 0. The molecule has 0 bridgehead atoms. The minimum Gasteiger partial charge on any atom is -0.464 e. The second-order valence-corrected chi connectivity index (χ2v) is 5.05. The molecule has 0 saturated carbocycles. The number of esters is 1. The van der Waals surface area contributed by atoms with Crippen LogP contribution in [0.2, 0.25) is 0 Å². The molecule has 0 atom stereocenters. The van der Waals surface area contributed by atoms with E-state index in [4.69, 9.17) is 4.74 Å². The van der Waals surface area contributed by atoms with Crippen LogP contribution >= 0.6 is 0 Å². The number of hydrogen-bond donors (Lipinski definition) is 1. The first-order valence-electron chi connectivity index (χ1n) is 6.05. The fourth-order valence-electron chi connectivity index (χ4n) is 1.94. The predicted molar refractivity (Wildman–Crippen MR) is 68.4 cm³/mol. The number of hydrogen-bond acceptors (Lipinski definition) is 5. The molecule has 2 heterocycles. The second-order valence-electron chi connectivity index (χ2n) is 5.05. The van der Waals surface area contributed by atoms with E-state index < -0.39 is 23.2 Å². The zero-order chi connectivity index (χ0) is 14.9. The number of Topliss-reactive ketones (excluding diaryl/α,β-unsaturated/α-hetero) is 1. The van der Waals surface area contributed by atoms with Crippen molar-refractivity contribution in [3.8, 4) is 0 Å². The number of ether oxygens (including phenoxy) is 2. The van der Waals surface area contributed by atoms with Gasteiger partial charge in [0.1, 0.15) is 5.69 Å². The van der Waals surface area contributed by atoms with Crippen LogP contribution in [0.25, 0.3) is 0 Å². The van der Waals surface area contributed by atoms with Crippen molar-refractivity contribution in [2.45, 2.75) is 12.5 Å². The standard InChI is InChI=1S/C13H16N2O5/c1-13(6-20-7-13)14-11(17)10(16)8-4-9(12(18)19-3)15(2)5-8/h4-5H,6-7H2,1-3H3,(H,14,17). The second kappa shape index (κ2) is 5.09. The number of aryl methyl sites for hydroxylation is 1. The summed E-state index contributed by atoms with van der Waals surface area (Å²) in [6, 6.07) is 1.34. The first-order valence-corrected chi connectivity index (χ1v) is 6.05. The van der Waals surface area contributed by atoms with E-state index in [1.54, 1.807) is 14.0 Å². The number of aromatic nitrogens is 1. The summed E-state index contributed by atoms with van der Waals surface area (Å²) in [4.78, 5) is 35.3. The van der Waals surface area contributed by atoms with Gasteiger partial charge in [0, 0.05) is 18.8 Å². The molecular formula is C13H16N2O5. The number of nitrogens with one attached hydrogen (secondary N) is 1. The number of amides is 1. The quantitative estimate of drug-likeness (QED) is 0.473. The maximum atomic E-state index is 12.0. The molecular weight excluding hydrogens is 264 g/mol. The van der Waals surface area contributed by atoms with Crippen molar-refractivity contribution in [3.63, 3.8) is 0 Å². The average molecular weight is 280 g/mol. The number of rotatable bonds is 4. The Morgan fingerprint density at radius 2 is 2.05 bits per heavy atom. The van der Waals surface area contributed by atoms with Gasteiger partial charge in [-0.3, -0.25) is 9.59 Å². The molecule has 20 heavy (non-hydrogen) atoms.